The van der Waals surface area contributed by atoms with Crippen molar-refractivity contribution in [2.45, 2.75) is 213 Å². The summed E-state index contributed by atoms with van der Waals surface area (Å²) in [5.41, 5.74) is 16.1. The fourth-order valence-corrected chi connectivity index (χ4v) is 10.6. The molecule has 6 amide bonds. The molecule has 430 valence electrons. The molecule has 0 unspecified atom stereocenters. The number of rotatable bonds is 53. The molecule has 0 aromatic rings. The summed E-state index contributed by atoms with van der Waals surface area (Å²) >= 11 is 0. The first-order valence-electron chi connectivity index (χ1n) is 28.1. The zero-order valence-electron chi connectivity index (χ0n) is 46.0. The summed E-state index contributed by atoms with van der Waals surface area (Å²) in [5.74, 6) is -1.60. The van der Waals surface area contributed by atoms with Gasteiger partial charge in [0.05, 0.1) is 23.0 Å². The molecule has 75 heavy (non-hydrogen) atoms. The van der Waals surface area contributed by atoms with Crippen LogP contribution in [0.4, 0.5) is 0 Å². The average molecular weight is 1130 g/mol. The van der Waals surface area contributed by atoms with Crippen LogP contribution in [0, 0.1) is 0 Å². The summed E-state index contributed by atoms with van der Waals surface area (Å²) in [7, 11) is 4.98. The van der Waals surface area contributed by atoms with Crippen molar-refractivity contribution in [2.75, 3.05) is 49.2 Å². The molecule has 17 nitrogen and oxygen atoms in total. The summed E-state index contributed by atoms with van der Waals surface area (Å²) in [6.07, 6.45) is 47.2. The van der Waals surface area contributed by atoms with Crippen molar-refractivity contribution in [3.63, 3.8) is 0 Å². The van der Waals surface area contributed by atoms with Crippen LogP contribution in [0.3, 0.4) is 0 Å². The normalized spacial score (nSPS) is 11.9. The molecule has 0 aromatic heterocycles. The lowest BCUT2D eigenvalue weighted by Crippen LogP contribution is -2.41. The van der Waals surface area contributed by atoms with Crippen molar-refractivity contribution >= 4 is 97.0 Å². The van der Waals surface area contributed by atoms with Crippen molar-refractivity contribution < 1.29 is 28.8 Å². The van der Waals surface area contributed by atoms with Gasteiger partial charge in [0.15, 0.2) is 5.96 Å². The van der Waals surface area contributed by atoms with Crippen LogP contribution in [0.1, 0.15) is 206 Å². The molecule has 0 saturated carbocycles. The number of hydrazone groups is 2. The van der Waals surface area contributed by atoms with E-state index in [1.54, 1.807) is 12.4 Å². The summed E-state index contributed by atoms with van der Waals surface area (Å²) in [5, 5.41) is 18.8. The van der Waals surface area contributed by atoms with E-state index in [0.717, 1.165) is 64.2 Å². The second-order valence-electron chi connectivity index (χ2n) is 18.4. The van der Waals surface area contributed by atoms with Gasteiger partial charge in [0.25, 0.3) is 11.8 Å². The Labute approximate surface area is 468 Å². The van der Waals surface area contributed by atoms with Gasteiger partial charge in [-0.1, -0.05) is 184 Å². The van der Waals surface area contributed by atoms with E-state index >= 15 is 0 Å². The Balaban J connectivity index is 3.91. The van der Waals surface area contributed by atoms with E-state index < -0.39 is 11.9 Å². The van der Waals surface area contributed by atoms with E-state index in [9.17, 15) is 28.8 Å². The Bertz CT molecular complexity index is 1620. The molecule has 21 heteroatoms. The molecular formula is C54H99N11O6S4. The minimum absolute atomic E-state index is 0.0303. The molecule has 10 N–H and O–H groups in total. The minimum Gasteiger partial charge on any atom is -0.370 e. The number of nitrogens with zero attached hydrogens (tertiary/aromatic N) is 3. The van der Waals surface area contributed by atoms with Crippen LogP contribution in [-0.4, -0.2) is 109 Å². The summed E-state index contributed by atoms with van der Waals surface area (Å²) < 4.78 is 0. The van der Waals surface area contributed by atoms with Gasteiger partial charge in [-0.2, -0.15) is 10.2 Å². The van der Waals surface area contributed by atoms with Gasteiger partial charge in [-0.05, 0) is 83.5 Å². The van der Waals surface area contributed by atoms with E-state index in [0.29, 0.717) is 0 Å². The minimum atomic E-state index is -1.02. The van der Waals surface area contributed by atoms with Gasteiger partial charge in [0.1, 0.15) is 6.04 Å². The number of aliphatic imine (C=N–C) groups is 1. The number of carbonyl (C=O) groups excluding carboxylic acids is 6. The van der Waals surface area contributed by atoms with Gasteiger partial charge in [-0.15, -0.1) is 0 Å². The van der Waals surface area contributed by atoms with Crippen LogP contribution in [0.2, 0.25) is 0 Å². The highest BCUT2D eigenvalue weighted by Gasteiger charge is 2.19. The van der Waals surface area contributed by atoms with E-state index in [1.165, 1.54) is 159 Å². The maximum absolute atomic E-state index is 12.8. The van der Waals surface area contributed by atoms with Gasteiger partial charge < -0.3 is 32.7 Å². The van der Waals surface area contributed by atoms with Gasteiger partial charge in [-0.3, -0.25) is 28.8 Å². The zero-order valence-corrected chi connectivity index (χ0v) is 49.3. The van der Waals surface area contributed by atoms with Crippen LogP contribution in [-0.2, 0) is 28.8 Å². The summed E-state index contributed by atoms with van der Waals surface area (Å²) in [4.78, 5) is 77.8. The van der Waals surface area contributed by atoms with Crippen molar-refractivity contribution in [2.24, 2.45) is 26.7 Å². The third kappa shape index (κ3) is 54.9. The van der Waals surface area contributed by atoms with Crippen LogP contribution in [0.5, 0.6) is 0 Å². The molecule has 0 heterocycles. The van der Waals surface area contributed by atoms with Crippen LogP contribution >= 0.6 is 43.2 Å². The summed E-state index contributed by atoms with van der Waals surface area (Å²) in [6.45, 7) is 5.15. The average Bonchev–Trinajstić information content (AvgIpc) is 3.39. The first kappa shape index (κ1) is 71.3. The number of unbranched alkanes of at least 4 members (excludes halogenated alkanes) is 24. The quantitative estimate of drug-likeness (QED) is 0.00707. The molecule has 0 saturated heterocycles. The zero-order chi connectivity index (χ0) is 54.9. The molecule has 1 atom stereocenters. The largest absolute Gasteiger partial charge is 0.370 e. The number of nitrogens with two attached hydrogens (primary N) is 2. The molecule has 0 spiro atoms. The molecule has 0 aliphatic rings. The highest BCUT2D eigenvalue weighted by molar-refractivity contribution is 8.77. The predicted molar refractivity (Wildman–Crippen MR) is 323 cm³/mol. The second kappa shape index (κ2) is 56.5. The number of carbonyl (C=O) groups is 6. The second-order valence-corrected chi connectivity index (χ2v) is 23.4. The first-order chi connectivity index (χ1) is 36.6. The van der Waals surface area contributed by atoms with Gasteiger partial charge in [-0.25, -0.2) is 15.8 Å². The number of amides is 6. The molecule has 0 bridgehead atoms. The Hall–Kier alpha value is -3.69. The lowest BCUT2D eigenvalue weighted by molar-refractivity contribution is -0.124. The van der Waals surface area contributed by atoms with Crippen molar-refractivity contribution in [3.8, 4) is 0 Å². The number of hydrogen-bond donors (Lipinski definition) is 8. The monoisotopic (exact) mass is 1130 g/mol. The predicted octanol–water partition coefficient (Wildman–Crippen LogP) is 9.92. The molecule has 0 aliphatic heterocycles. The number of hydrogen-bond acceptors (Lipinski definition) is 13. The molecule has 0 aromatic carbocycles. The third-order valence-electron chi connectivity index (χ3n) is 11.4. The standard InChI is InChI=1S/C54H99N11O6S4/c1-3-5-7-9-11-13-15-17-19-21-23-25-27-29-31-33-37-61-64-51(69)45-74-72-43-49(67)58-40-39-57-48(66)36-35-47(63-54(55)56)53(71)60-42-41-59-50(68)44-73-75-46-52(70)65-62-38-34-32-30-28-26-24-22-20-18-16-14-12-10-8-6-4-2/h23-26,37-38,47H,3-22,27-36,39-46H2,1-2H3,(H,57,66)(H,58,67)(H,59,68)(H,60,71)(H,64,69)(H,65,70)(H4,55,56,63)/b25-23-,26-24-,61-37-,62-38-/t47-/m0/s1. The number of allylic oxidation sites excluding steroid dienone is 4. The van der Waals surface area contributed by atoms with Crippen LogP contribution in [0.15, 0.2) is 39.5 Å². The molecule has 0 radical (unpaired) electrons. The van der Waals surface area contributed by atoms with Gasteiger partial charge >= 0.3 is 0 Å². The van der Waals surface area contributed by atoms with E-state index in [2.05, 4.69) is 85.5 Å². The fraction of sp³-hybridized carbons (Fsp3) is 0.759. The van der Waals surface area contributed by atoms with Crippen molar-refractivity contribution in [1.82, 2.24) is 32.1 Å². The molecule has 0 rings (SSSR count). The maximum atomic E-state index is 12.8. The summed E-state index contributed by atoms with van der Waals surface area (Å²) in [6, 6.07) is -1.02. The Kier molecular flexibility index (Phi) is 53.7. The SMILES string of the molecule is CCCCCCCCCCC/C=C\CCCC/C=N\NC(=O)CSSCC(=O)NCCNC(=O)CC[C@H](N=C(N)N)C(=O)NCCNC(=O)CSSCC(=O)N/N=C\CCCC/C=C\CCCCCCCCCCC. The molecule has 0 aliphatic carbocycles. The van der Waals surface area contributed by atoms with Gasteiger partial charge in [0.2, 0.25) is 23.6 Å². The van der Waals surface area contributed by atoms with Crippen LogP contribution in [0.25, 0.3) is 0 Å². The van der Waals surface area contributed by atoms with Crippen LogP contribution < -0.4 is 43.6 Å². The fourth-order valence-electron chi connectivity index (χ4n) is 7.22. The van der Waals surface area contributed by atoms with Crippen molar-refractivity contribution in [3.05, 3.63) is 24.3 Å². The topological polar surface area (TPSA) is 264 Å². The first-order valence-corrected chi connectivity index (χ1v) is 33.1. The number of guanidine groups is 1. The number of nitrogens with one attached hydrogen (secondary N) is 6. The lowest BCUT2D eigenvalue weighted by atomic mass is 10.1. The Morgan fingerprint density at radius 2 is 0.733 bits per heavy atom. The van der Waals surface area contributed by atoms with E-state index in [4.69, 9.17) is 11.5 Å². The lowest BCUT2D eigenvalue weighted by Gasteiger charge is -2.14. The smallest absolute Gasteiger partial charge is 0.250 e. The highest BCUT2D eigenvalue weighted by atomic mass is 33.1. The highest BCUT2D eigenvalue weighted by Crippen LogP contribution is 2.21. The Morgan fingerprint density at radius 3 is 1.12 bits per heavy atom. The van der Waals surface area contributed by atoms with Crippen molar-refractivity contribution in [1.29, 1.82) is 0 Å². The van der Waals surface area contributed by atoms with Gasteiger partial charge in [0, 0.05) is 45.0 Å². The molecular weight excluding hydrogens is 1030 g/mol. The Morgan fingerprint density at radius 1 is 0.413 bits per heavy atom. The van der Waals surface area contributed by atoms with E-state index in [1.807, 2.05) is 0 Å². The molecule has 0 fully saturated rings. The maximum Gasteiger partial charge on any atom is 0.250 e. The van der Waals surface area contributed by atoms with E-state index in [-0.39, 0.29) is 97.5 Å². The third-order valence-corrected chi connectivity index (χ3v) is 15.7.